The molecule has 182 valence electrons. The van der Waals surface area contributed by atoms with Crippen molar-refractivity contribution in [3.63, 3.8) is 0 Å². The predicted octanol–water partition coefficient (Wildman–Crippen LogP) is 8.54. The van der Waals surface area contributed by atoms with Crippen LogP contribution in [0, 0.1) is 10.8 Å². The second-order valence-corrected chi connectivity index (χ2v) is 12.8. The van der Waals surface area contributed by atoms with Gasteiger partial charge in [-0.2, -0.15) is 0 Å². The van der Waals surface area contributed by atoms with Crippen LogP contribution in [0.25, 0.3) is 0 Å². The lowest BCUT2D eigenvalue weighted by molar-refractivity contribution is -0.119. The fourth-order valence-corrected chi connectivity index (χ4v) is 6.63. The van der Waals surface area contributed by atoms with E-state index in [1.165, 1.54) is 0 Å². The van der Waals surface area contributed by atoms with Crippen molar-refractivity contribution in [2.75, 3.05) is 4.90 Å². The van der Waals surface area contributed by atoms with Crippen molar-refractivity contribution in [1.29, 1.82) is 0 Å². The first kappa shape index (κ1) is 24.6. The summed E-state index contributed by atoms with van der Waals surface area (Å²) in [6.07, 6.45) is 2.23. The van der Waals surface area contributed by atoms with Crippen LogP contribution in [-0.2, 0) is 9.59 Å². The van der Waals surface area contributed by atoms with Crippen molar-refractivity contribution >= 4 is 52.1 Å². The van der Waals surface area contributed by atoms with Gasteiger partial charge in [-0.25, -0.2) is 0 Å². The zero-order chi connectivity index (χ0) is 25.3. The molecule has 1 aliphatic heterocycles. The molecular weight excluding hydrogens is 501 g/mol. The Balaban J connectivity index is 1.86. The summed E-state index contributed by atoms with van der Waals surface area (Å²) in [7, 11) is 0. The number of hydrogen-bond acceptors (Lipinski definition) is 3. The zero-order valence-corrected chi connectivity index (χ0v) is 22.6. The largest absolute Gasteiger partial charge is 0.316 e. The third-order valence-electron chi connectivity index (χ3n) is 7.24. The summed E-state index contributed by atoms with van der Waals surface area (Å²) in [5, 5.41) is 1.61. The van der Waals surface area contributed by atoms with Crippen molar-refractivity contribution in [2.24, 2.45) is 10.8 Å². The first-order valence-electron chi connectivity index (χ1n) is 11.9. The van der Waals surface area contributed by atoms with Crippen LogP contribution in [0.5, 0.6) is 0 Å². The van der Waals surface area contributed by atoms with Crippen LogP contribution < -0.4 is 4.90 Å². The molecule has 1 heterocycles. The van der Waals surface area contributed by atoms with Gasteiger partial charge in [0.25, 0.3) is 0 Å². The number of carbonyl (C=O) groups excluding carboxylic acids is 2. The molecule has 0 unspecified atom stereocenters. The number of halogens is 3. The van der Waals surface area contributed by atoms with Crippen LogP contribution in [0.3, 0.4) is 0 Å². The summed E-state index contributed by atoms with van der Waals surface area (Å²) < 4.78 is 0. The van der Waals surface area contributed by atoms with E-state index in [0.29, 0.717) is 51.9 Å². The number of ketones is 2. The van der Waals surface area contributed by atoms with E-state index in [1.54, 1.807) is 12.1 Å². The normalized spacial score (nSPS) is 21.9. The quantitative estimate of drug-likeness (QED) is 0.392. The highest BCUT2D eigenvalue weighted by Crippen LogP contribution is 2.56. The van der Waals surface area contributed by atoms with E-state index in [2.05, 4.69) is 32.6 Å². The Labute approximate surface area is 221 Å². The molecule has 0 atom stereocenters. The van der Waals surface area contributed by atoms with E-state index in [9.17, 15) is 9.59 Å². The fourth-order valence-electron chi connectivity index (χ4n) is 5.94. The van der Waals surface area contributed by atoms with Gasteiger partial charge in [0.1, 0.15) is 0 Å². The van der Waals surface area contributed by atoms with Crippen LogP contribution in [-0.4, -0.2) is 11.6 Å². The second kappa shape index (κ2) is 8.50. The molecular formula is C29H28Cl3NO2. The van der Waals surface area contributed by atoms with Gasteiger partial charge >= 0.3 is 0 Å². The summed E-state index contributed by atoms with van der Waals surface area (Å²) in [5.74, 6) is -0.297. The van der Waals surface area contributed by atoms with Gasteiger partial charge in [0, 0.05) is 51.3 Å². The molecule has 6 heteroatoms. The predicted molar refractivity (Wildman–Crippen MR) is 143 cm³/mol. The minimum Gasteiger partial charge on any atom is -0.316 e. The molecule has 0 amide bonds. The summed E-state index contributed by atoms with van der Waals surface area (Å²) in [5.41, 5.74) is 4.39. The number of nitrogens with zero attached hydrogens (tertiary/aromatic N) is 1. The molecule has 0 aromatic heterocycles. The molecule has 0 N–H and O–H groups in total. The average Bonchev–Trinajstić information content (AvgIpc) is 2.71. The molecule has 0 bridgehead atoms. The number of Topliss-reactive ketones (excluding diaryl/α,β-unsaturated/α-hetero) is 2. The molecule has 0 spiro atoms. The van der Waals surface area contributed by atoms with E-state index < -0.39 is 5.92 Å². The minimum absolute atomic E-state index is 0.0699. The maximum Gasteiger partial charge on any atom is 0.162 e. The smallest absolute Gasteiger partial charge is 0.162 e. The lowest BCUT2D eigenvalue weighted by Crippen LogP contribution is -2.44. The molecule has 5 rings (SSSR count). The molecule has 2 aliphatic carbocycles. The fraction of sp³-hybridized carbons (Fsp3) is 0.379. The Bertz CT molecular complexity index is 1280. The van der Waals surface area contributed by atoms with E-state index in [-0.39, 0.29) is 22.4 Å². The van der Waals surface area contributed by atoms with Gasteiger partial charge in [-0.1, -0.05) is 74.6 Å². The van der Waals surface area contributed by atoms with E-state index in [1.807, 2.05) is 30.3 Å². The number of benzene rings is 2. The van der Waals surface area contributed by atoms with Gasteiger partial charge in [0.05, 0.1) is 10.7 Å². The Morgan fingerprint density at radius 3 is 1.80 bits per heavy atom. The van der Waals surface area contributed by atoms with Gasteiger partial charge < -0.3 is 4.90 Å². The monoisotopic (exact) mass is 527 g/mol. The standard InChI is InChI=1S/C29H28Cl3NO2/c1-28(2)12-21-26(23(34)14-28)25(16-6-5-7-17(30)10-16)27-22(13-29(3,4)15-24(27)35)33(21)20-9-8-18(31)11-19(20)32/h5-11,25H,12-15H2,1-4H3. The molecule has 0 saturated heterocycles. The van der Waals surface area contributed by atoms with E-state index in [4.69, 9.17) is 34.8 Å². The van der Waals surface area contributed by atoms with Gasteiger partial charge in [-0.05, 0) is 59.6 Å². The minimum atomic E-state index is -0.437. The van der Waals surface area contributed by atoms with Gasteiger partial charge in [0.15, 0.2) is 11.6 Å². The summed E-state index contributed by atoms with van der Waals surface area (Å²) in [6, 6.07) is 13.0. The maximum atomic E-state index is 13.8. The molecule has 0 saturated carbocycles. The molecule has 3 aliphatic rings. The molecule has 0 radical (unpaired) electrons. The number of rotatable bonds is 2. The van der Waals surface area contributed by atoms with Crippen LogP contribution in [0.4, 0.5) is 5.69 Å². The molecule has 0 fully saturated rings. The van der Waals surface area contributed by atoms with Crippen LogP contribution >= 0.6 is 34.8 Å². The van der Waals surface area contributed by atoms with Gasteiger partial charge in [-0.15, -0.1) is 0 Å². The van der Waals surface area contributed by atoms with Crippen LogP contribution in [0.2, 0.25) is 15.1 Å². The second-order valence-electron chi connectivity index (χ2n) is 11.5. The zero-order valence-electron chi connectivity index (χ0n) is 20.3. The number of allylic oxidation sites excluding steroid dienone is 4. The van der Waals surface area contributed by atoms with Crippen molar-refractivity contribution in [1.82, 2.24) is 0 Å². The third-order valence-corrected chi connectivity index (χ3v) is 8.02. The number of carbonyl (C=O) groups is 2. The molecule has 2 aromatic carbocycles. The highest BCUT2D eigenvalue weighted by atomic mass is 35.5. The van der Waals surface area contributed by atoms with E-state index >= 15 is 0 Å². The van der Waals surface area contributed by atoms with Crippen molar-refractivity contribution in [3.8, 4) is 0 Å². The SMILES string of the molecule is CC1(C)CC(=O)C2=C(C1)N(c1ccc(Cl)cc1Cl)C1=C(C(=O)CC(C)(C)C1)C2c1cccc(Cl)c1. The van der Waals surface area contributed by atoms with Crippen molar-refractivity contribution in [3.05, 3.63) is 85.6 Å². The number of hydrogen-bond donors (Lipinski definition) is 0. The van der Waals surface area contributed by atoms with Crippen LogP contribution in [0.1, 0.15) is 64.9 Å². The lowest BCUT2D eigenvalue weighted by Gasteiger charge is -2.49. The summed E-state index contributed by atoms with van der Waals surface area (Å²) in [6.45, 7) is 8.46. The topological polar surface area (TPSA) is 37.4 Å². The third kappa shape index (κ3) is 4.37. The first-order chi connectivity index (χ1) is 16.4. The lowest BCUT2D eigenvalue weighted by atomic mass is 9.63. The van der Waals surface area contributed by atoms with Crippen LogP contribution in [0.15, 0.2) is 65.0 Å². The molecule has 3 nitrogen and oxygen atoms in total. The summed E-state index contributed by atoms with van der Waals surface area (Å²) in [4.78, 5) is 29.8. The van der Waals surface area contributed by atoms with Gasteiger partial charge in [-0.3, -0.25) is 9.59 Å². The molecule has 35 heavy (non-hydrogen) atoms. The highest BCUT2D eigenvalue weighted by molar-refractivity contribution is 6.36. The Morgan fingerprint density at radius 1 is 0.743 bits per heavy atom. The van der Waals surface area contributed by atoms with Crippen molar-refractivity contribution in [2.45, 2.75) is 59.3 Å². The Morgan fingerprint density at radius 2 is 1.29 bits per heavy atom. The van der Waals surface area contributed by atoms with Crippen molar-refractivity contribution < 1.29 is 9.59 Å². The maximum absolute atomic E-state index is 13.8. The van der Waals surface area contributed by atoms with E-state index in [0.717, 1.165) is 22.6 Å². The average molecular weight is 529 g/mol. The Hall–Kier alpha value is -2.07. The number of anilines is 1. The Kier molecular flexibility index (Phi) is 5.98. The molecule has 2 aromatic rings. The first-order valence-corrected chi connectivity index (χ1v) is 13.0. The van der Waals surface area contributed by atoms with Gasteiger partial charge in [0.2, 0.25) is 0 Å². The highest BCUT2D eigenvalue weighted by Gasteiger charge is 2.49. The summed E-state index contributed by atoms with van der Waals surface area (Å²) >= 11 is 19.4.